The van der Waals surface area contributed by atoms with Gasteiger partial charge in [-0.1, -0.05) is 57.9 Å². The number of nitrogens with zero attached hydrogens (tertiary/aromatic N) is 3. The van der Waals surface area contributed by atoms with E-state index in [2.05, 4.69) is 68.2 Å². The zero-order chi connectivity index (χ0) is 26.9. The molecule has 39 heavy (non-hydrogen) atoms. The molecule has 0 radical (unpaired) electrons. The summed E-state index contributed by atoms with van der Waals surface area (Å²) >= 11 is 7.09. The number of aryl methyl sites for hydroxylation is 1. The summed E-state index contributed by atoms with van der Waals surface area (Å²) in [5.41, 5.74) is 4.06. The molecule has 6 nitrogen and oxygen atoms in total. The highest BCUT2D eigenvalue weighted by molar-refractivity contribution is 9.10. The molecule has 8 heteroatoms. The Labute approximate surface area is 240 Å². The third kappa shape index (κ3) is 5.30. The van der Waals surface area contributed by atoms with E-state index in [1.165, 1.54) is 10.2 Å². The summed E-state index contributed by atoms with van der Waals surface area (Å²) in [6.07, 6.45) is 1.62. The molecule has 0 atom stereocenters. The van der Waals surface area contributed by atoms with Crippen molar-refractivity contribution in [3.63, 3.8) is 0 Å². The van der Waals surface area contributed by atoms with Crippen LogP contribution < -0.4 is 10.3 Å². The minimum absolute atomic E-state index is 0.286. The van der Waals surface area contributed by atoms with Crippen LogP contribution >= 0.6 is 31.9 Å². The van der Waals surface area contributed by atoms with Crippen LogP contribution in [0.15, 0.2) is 114 Å². The van der Waals surface area contributed by atoms with Gasteiger partial charge in [-0.2, -0.15) is 9.78 Å². The second-order valence-corrected chi connectivity index (χ2v) is 10.8. The summed E-state index contributed by atoms with van der Waals surface area (Å²) in [4.78, 5) is 18.2. The maximum atomic E-state index is 13.5. The first-order chi connectivity index (χ1) is 18.9. The van der Waals surface area contributed by atoms with E-state index in [-0.39, 0.29) is 5.56 Å². The summed E-state index contributed by atoms with van der Waals surface area (Å²) in [7, 11) is 0. The average molecular weight is 643 g/mol. The molecule has 0 aliphatic carbocycles. The number of benzene rings is 4. The van der Waals surface area contributed by atoms with Gasteiger partial charge in [0, 0.05) is 9.86 Å². The molecule has 0 saturated carbocycles. The largest absolute Gasteiger partial charge is 0.488 e. The number of ether oxygens (including phenoxy) is 1. The van der Waals surface area contributed by atoms with Crippen molar-refractivity contribution < 1.29 is 9.15 Å². The summed E-state index contributed by atoms with van der Waals surface area (Å²) < 4.78 is 15.1. The molecule has 0 bridgehead atoms. The van der Waals surface area contributed by atoms with Crippen molar-refractivity contribution in [3.8, 4) is 17.3 Å². The maximum Gasteiger partial charge on any atom is 0.282 e. The van der Waals surface area contributed by atoms with Crippen molar-refractivity contribution in [3.05, 3.63) is 127 Å². The minimum atomic E-state index is -0.286. The molecule has 0 amide bonds. The van der Waals surface area contributed by atoms with E-state index < -0.39 is 0 Å². The molecular formula is C31H21Br2N3O3. The van der Waals surface area contributed by atoms with Crippen molar-refractivity contribution in [2.75, 3.05) is 0 Å². The molecule has 0 aliphatic heterocycles. The fraction of sp³-hybridized carbons (Fsp3) is 0.0645. The van der Waals surface area contributed by atoms with Gasteiger partial charge in [0.15, 0.2) is 5.76 Å². The van der Waals surface area contributed by atoms with E-state index >= 15 is 0 Å². The number of hydrogen-bond acceptors (Lipinski definition) is 5. The predicted octanol–water partition coefficient (Wildman–Crippen LogP) is 8.10. The molecule has 0 fully saturated rings. The van der Waals surface area contributed by atoms with Gasteiger partial charge in [-0.05, 0) is 88.6 Å². The van der Waals surface area contributed by atoms with E-state index in [9.17, 15) is 4.79 Å². The van der Waals surface area contributed by atoms with E-state index in [1.54, 1.807) is 18.3 Å². The van der Waals surface area contributed by atoms with Crippen LogP contribution in [-0.2, 0) is 6.61 Å². The highest BCUT2D eigenvalue weighted by Gasteiger charge is 2.16. The maximum absolute atomic E-state index is 13.5. The molecule has 0 aliphatic rings. The molecule has 6 aromatic rings. The number of halogens is 2. The lowest BCUT2D eigenvalue weighted by atomic mass is 10.2. The number of para-hydroxylation sites is 1. The highest BCUT2D eigenvalue weighted by Crippen LogP contribution is 2.30. The fourth-order valence-electron chi connectivity index (χ4n) is 4.20. The van der Waals surface area contributed by atoms with Crippen LogP contribution in [0.25, 0.3) is 33.5 Å². The molecule has 192 valence electrons. The minimum Gasteiger partial charge on any atom is -0.488 e. The first-order valence-corrected chi connectivity index (χ1v) is 13.8. The topological polar surface area (TPSA) is 69.6 Å². The Balaban J connectivity index is 1.35. The summed E-state index contributed by atoms with van der Waals surface area (Å²) in [6.45, 7) is 2.52. The fourth-order valence-corrected chi connectivity index (χ4v) is 5.09. The Bertz CT molecular complexity index is 1920. The van der Waals surface area contributed by atoms with Crippen LogP contribution in [0.4, 0.5) is 0 Å². The first-order valence-electron chi connectivity index (χ1n) is 12.2. The third-order valence-electron chi connectivity index (χ3n) is 6.25. The Morgan fingerprint density at radius 2 is 1.79 bits per heavy atom. The lowest BCUT2D eigenvalue weighted by Gasteiger charge is -2.09. The Morgan fingerprint density at radius 3 is 2.62 bits per heavy atom. The zero-order valence-corrected chi connectivity index (χ0v) is 23.9. The van der Waals surface area contributed by atoms with Gasteiger partial charge in [0.1, 0.15) is 17.9 Å². The second kappa shape index (κ2) is 10.6. The molecule has 2 heterocycles. The Morgan fingerprint density at radius 1 is 0.974 bits per heavy atom. The smallest absolute Gasteiger partial charge is 0.282 e. The molecular weight excluding hydrogens is 622 g/mol. The van der Waals surface area contributed by atoms with Gasteiger partial charge in [-0.25, -0.2) is 4.98 Å². The van der Waals surface area contributed by atoms with E-state index in [0.29, 0.717) is 40.4 Å². The van der Waals surface area contributed by atoms with Crippen molar-refractivity contribution in [1.82, 2.24) is 9.66 Å². The number of furan rings is 1. The van der Waals surface area contributed by atoms with Crippen LogP contribution in [0.2, 0.25) is 0 Å². The second-order valence-electron chi connectivity index (χ2n) is 9.07. The van der Waals surface area contributed by atoms with E-state index in [4.69, 9.17) is 14.1 Å². The van der Waals surface area contributed by atoms with Gasteiger partial charge in [-0.3, -0.25) is 4.79 Å². The normalized spacial score (nSPS) is 11.6. The average Bonchev–Trinajstić information content (AvgIpc) is 3.36. The lowest BCUT2D eigenvalue weighted by Crippen LogP contribution is -2.20. The van der Waals surface area contributed by atoms with Crippen LogP contribution in [0.1, 0.15) is 16.7 Å². The van der Waals surface area contributed by atoms with Gasteiger partial charge >= 0.3 is 0 Å². The Kier molecular flexibility index (Phi) is 6.89. The first kappa shape index (κ1) is 25.3. The molecule has 0 unspecified atom stereocenters. The zero-order valence-electron chi connectivity index (χ0n) is 20.8. The van der Waals surface area contributed by atoms with Gasteiger partial charge in [0.2, 0.25) is 5.82 Å². The molecule has 4 aromatic carbocycles. The monoisotopic (exact) mass is 641 g/mol. The van der Waals surface area contributed by atoms with Crippen molar-refractivity contribution in [2.24, 2.45) is 5.10 Å². The van der Waals surface area contributed by atoms with Crippen molar-refractivity contribution >= 4 is 59.9 Å². The molecule has 0 N–H and O–H groups in total. The standard InChI is InChI=1S/C31H21Br2N3O3/c1-19-6-8-20(9-7-19)18-38-28-12-10-21(14-25(28)33)17-34-36-30(35-26-5-3-2-4-24(26)31(36)37)29-16-22-15-23(32)11-13-27(22)39-29/h2-17H,18H2,1H3. The lowest BCUT2D eigenvalue weighted by molar-refractivity contribution is 0.304. The number of rotatable bonds is 6. The third-order valence-corrected chi connectivity index (χ3v) is 7.36. The van der Waals surface area contributed by atoms with Crippen LogP contribution in [0.3, 0.4) is 0 Å². The van der Waals surface area contributed by atoms with Gasteiger partial charge in [0.05, 0.1) is 21.6 Å². The quantitative estimate of drug-likeness (QED) is 0.172. The van der Waals surface area contributed by atoms with Gasteiger partial charge in [0.25, 0.3) is 5.56 Å². The predicted molar refractivity (Wildman–Crippen MR) is 162 cm³/mol. The van der Waals surface area contributed by atoms with Gasteiger partial charge in [-0.15, -0.1) is 0 Å². The molecule has 0 spiro atoms. The number of fused-ring (bicyclic) bond motifs is 2. The SMILES string of the molecule is Cc1ccc(COc2ccc(C=Nn3c(-c4cc5cc(Br)ccc5o4)nc4ccccc4c3=O)cc2Br)cc1. The van der Waals surface area contributed by atoms with Crippen LogP contribution in [0.5, 0.6) is 5.75 Å². The van der Waals surface area contributed by atoms with Crippen molar-refractivity contribution in [1.29, 1.82) is 0 Å². The van der Waals surface area contributed by atoms with Crippen LogP contribution in [0, 0.1) is 6.92 Å². The van der Waals surface area contributed by atoms with Crippen molar-refractivity contribution in [2.45, 2.75) is 13.5 Å². The summed E-state index contributed by atoms with van der Waals surface area (Å²) in [5.74, 6) is 1.48. The summed E-state index contributed by atoms with van der Waals surface area (Å²) in [6, 6.07) is 28.7. The molecule has 2 aromatic heterocycles. The summed E-state index contributed by atoms with van der Waals surface area (Å²) in [5, 5.41) is 5.91. The number of hydrogen-bond donors (Lipinski definition) is 0. The molecule has 6 rings (SSSR count). The Hall–Kier alpha value is -4.01. The van der Waals surface area contributed by atoms with E-state index in [1.807, 2.05) is 54.6 Å². The molecule has 0 saturated heterocycles. The highest BCUT2D eigenvalue weighted by atomic mass is 79.9. The van der Waals surface area contributed by atoms with E-state index in [0.717, 1.165) is 25.5 Å². The number of aromatic nitrogens is 2. The van der Waals surface area contributed by atoms with Crippen LogP contribution in [-0.4, -0.2) is 15.9 Å². The van der Waals surface area contributed by atoms with Gasteiger partial charge < -0.3 is 9.15 Å².